The summed E-state index contributed by atoms with van der Waals surface area (Å²) in [4.78, 5) is 16.7. The molecule has 0 radical (unpaired) electrons. The zero-order valence-electron chi connectivity index (χ0n) is 13.0. The molecule has 122 valence electrons. The minimum atomic E-state index is 0.259. The third-order valence-electron chi connectivity index (χ3n) is 4.95. The van der Waals surface area contributed by atoms with E-state index in [1.165, 1.54) is 12.8 Å². The molecule has 0 N–H and O–H groups in total. The van der Waals surface area contributed by atoms with Gasteiger partial charge in [-0.25, -0.2) is 0 Å². The molecule has 1 aliphatic heterocycles. The van der Waals surface area contributed by atoms with Crippen LogP contribution in [0.25, 0.3) is 5.65 Å². The van der Waals surface area contributed by atoms with Crippen LogP contribution in [0, 0.1) is 5.92 Å². The fraction of sp³-hybridized carbons (Fsp3) is 0.562. The lowest BCUT2D eigenvalue weighted by molar-refractivity contribution is -0.135. The molecule has 3 heterocycles. The number of hydrogen-bond acceptors (Lipinski definition) is 4. The Kier molecular flexibility index (Phi) is 3.85. The number of carbonyl (C=O) groups is 1. The minimum absolute atomic E-state index is 0.259. The summed E-state index contributed by atoms with van der Waals surface area (Å²) >= 11 is 6.15. The second-order valence-corrected chi connectivity index (χ2v) is 6.75. The standard InChI is InChI=1S/C16H20ClN5O/c17-13-6-3-7-22-14(13)18-19-16(22)21-10-8-20(9-11-21)15(23)12-4-1-2-5-12/h3,6-7,12H,1-2,4-5,8-11H2. The number of halogens is 1. The molecule has 2 fully saturated rings. The third-order valence-corrected chi connectivity index (χ3v) is 5.24. The largest absolute Gasteiger partial charge is 0.339 e. The summed E-state index contributed by atoms with van der Waals surface area (Å²) < 4.78 is 1.91. The topological polar surface area (TPSA) is 53.7 Å². The van der Waals surface area contributed by atoms with Crippen molar-refractivity contribution in [3.8, 4) is 0 Å². The molecule has 2 aromatic rings. The fourth-order valence-corrected chi connectivity index (χ4v) is 3.85. The van der Waals surface area contributed by atoms with Gasteiger partial charge >= 0.3 is 0 Å². The maximum Gasteiger partial charge on any atom is 0.231 e. The molecular formula is C16H20ClN5O. The lowest BCUT2D eigenvalue weighted by atomic mass is 10.1. The van der Waals surface area contributed by atoms with Crippen molar-refractivity contribution in [1.82, 2.24) is 19.5 Å². The van der Waals surface area contributed by atoms with Gasteiger partial charge in [0, 0.05) is 38.3 Å². The second kappa shape index (κ2) is 6.00. The maximum atomic E-state index is 12.5. The predicted octanol–water partition coefficient (Wildman–Crippen LogP) is 2.22. The number of pyridine rings is 1. The molecule has 6 nitrogen and oxygen atoms in total. The Bertz CT molecular complexity index is 716. The van der Waals surface area contributed by atoms with Crippen LogP contribution in [-0.2, 0) is 4.79 Å². The van der Waals surface area contributed by atoms with E-state index in [0.717, 1.165) is 45.0 Å². The van der Waals surface area contributed by atoms with Crippen LogP contribution in [-0.4, -0.2) is 51.6 Å². The number of hydrogen-bond donors (Lipinski definition) is 0. The van der Waals surface area contributed by atoms with E-state index in [-0.39, 0.29) is 5.92 Å². The van der Waals surface area contributed by atoms with Crippen LogP contribution < -0.4 is 4.90 Å². The van der Waals surface area contributed by atoms with Gasteiger partial charge in [-0.1, -0.05) is 24.4 Å². The van der Waals surface area contributed by atoms with Crippen LogP contribution in [0.2, 0.25) is 5.02 Å². The summed E-state index contributed by atoms with van der Waals surface area (Å²) in [5.41, 5.74) is 0.675. The first-order valence-corrected chi connectivity index (χ1v) is 8.65. The number of rotatable bonds is 2. The quantitative estimate of drug-likeness (QED) is 0.845. The molecule has 4 rings (SSSR count). The first-order valence-electron chi connectivity index (χ1n) is 8.27. The average molecular weight is 334 g/mol. The molecular weight excluding hydrogens is 314 g/mol. The Morgan fingerprint density at radius 1 is 1.13 bits per heavy atom. The van der Waals surface area contributed by atoms with Crippen LogP contribution in [0.1, 0.15) is 25.7 Å². The first kappa shape index (κ1) is 14.8. The van der Waals surface area contributed by atoms with E-state index in [2.05, 4.69) is 15.1 Å². The van der Waals surface area contributed by atoms with Gasteiger partial charge in [0.1, 0.15) is 0 Å². The minimum Gasteiger partial charge on any atom is -0.339 e. The lowest BCUT2D eigenvalue weighted by Gasteiger charge is -2.35. The number of aromatic nitrogens is 3. The number of amides is 1. The Labute approximate surface area is 140 Å². The van der Waals surface area contributed by atoms with Gasteiger partial charge in [0.15, 0.2) is 5.65 Å². The van der Waals surface area contributed by atoms with Crippen molar-refractivity contribution >= 4 is 29.1 Å². The summed E-state index contributed by atoms with van der Waals surface area (Å²) in [6.45, 7) is 3.08. The lowest BCUT2D eigenvalue weighted by Crippen LogP contribution is -2.50. The molecule has 0 spiro atoms. The maximum absolute atomic E-state index is 12.5. The molecule has 1 saturated carbocycles. The zero-order valence-corrected chi connectivity index (χ0v) is 13.7. The van der Waals surface area contributed by atoms with Crippen LogP contribution in [0.5, 0.6) is 0 Å². The number of fused-ring (bicyclic) bond motifs is 1. The number of anilines is 1. The molecule has 23 heavy (non-hydrogen) atoms. The van der Waals surface area contributed by atoms with Crippen LogP contribution in [0.4, 0.5) is 5.95 Å². The molecule has 0 unspecified atom stereocenters. The second-order valence-electron chi connectivity index (χ2n) is 6.34. The van der Waals surface area contributed by atoms with Gasteiger partial charge < -0.3 is 9.80 Å². The van der Waals surface area contributed by atoms with Crippen molar-refractivity contribution < 1.29 is 4.79 Å². The van der Waals surface area contributed by atoms with Gasteiger partial charge in [0.2, 0.25) is 11.9 Å². The third kappa shape index (κ3) is 2.65. The van der Waals surface area contributed by atoms with Crippen molar-refractivity contribution in [3.63, 3.8) is 0 Å². The van der Waals surface area contributed by atoms with Crippen molar-refractivity contribution in [2.75, 3.05) is 31.1 Å². The first-order chi connectivity index (χ1) is 11.2. The number of nitrogens with zero attached hydrogens (tertiary/aromatic N) is 5. The number of carbonyl (C=O) groups excluding carboxylic acids is 1. The number of piperazine rings is 1. The van der Waals surface area contributed by atoms with E-state index in [1.807, 2.05) is 27.6 Å². The smallest absolute Gasteiger partial charge is 0.231 e. The molecule has 1 saturated heterocycles. The summed E-state index contributed by atoms with van der Waals surface area (Å²) in [5, 5.41) is 9.05. The summed E-state index contributed by atoms with van der Waals surface area (Å²) in [6.07, 6.45) is 6.44. The summed E-state index contributed by atoms with van der Waals surface area (Å²) in [6, 6.07) is 3.70. The van der Waals surface area contributed by atoms with Gasteiger partial charge in [-0.05, 0) is 25.0 Å². The summed E-state index contributed by atoms with van der Waals surface area (Å²) in [7, 11) is 0. The highest BCUT2D eigenvalue weighted by Gasteiger charge is 2.30. The van der Waals surface area contributed by atoms with Crippen LogP contribution in [0.15, 0.2) is 18.3 Å². The Morgan fingerprint density at radius 2 is 1.87 bits per heavy atom. The van der Waals surface area contributed by atoms with Crippen molar-refractivity contribution in [2.24, 2.45) is 5.92 Å². The van der Waals surface area contributed by atoms with Crippen LogP contribution in [0.3, 0.4) is 0 Å². The fourth-order valence-electron chi connectivity index (χ4n) is 3.64. The molecule has 7 heteroatoms. The van der Waals surface area contributed by atoms with Crippen molar-refractivity contribution in [3.05, 3.63) is 23.4 Å². The molecule has 0 aromatic carbocycles. The van der Waals surface area contributed by atoms with E-state index in [1.54, 1.807) is 0 Å². The molecule has 1 aliphatic carbocycles. The van der Waals surface area contributed by atoms with Crippen molar-refractivity contribution in [2.45, 2.75) is 25.7 Å². The highest BCUT2D eigenvalue weighted by atomic mass is 35.5. The molecule has 0 atom stereocenters. The van der Waals surface area contributed by atoms with Gasteiger partial charge in [-0.2, -0.15) is 0 Å². The Hall–Kier alpha value is -1.82. The Balaban J connectivity index is 1.46. The molecule has 1 amide bonds. The SMILES string of the molecule is O=C(C1CCCC1)N1CCN(c2nnc3c(Cl)cccn23)CC1. The average Bonchev–Trinajstić information content (AvgIpc) is 3.25. The normalized spacial score (nSPS) is 19.7. The summed E-state index contributed by atoms with van der Waals surface area (Å²) in [5.74, 6) is 1.40. The molecule has 2 aromatic heterocycles. The zero-order chi connectivity index (χ0) is 15.8. The molecule has 0 bridgehead atoms. The van der Waals surface area contributed by atoms with E-state index < -0.39 is 0 Å². The molecule has 2 aliphatic rings. The van der Waals surface area contributed by atoms with Crippen molar-refractivity contribution in [1.29, 1.82) is 0 Å². The van der Waals surface area contributed by atoms with Crippen LogP contribution >= 0.6 is 11.6 Å². The highest BCUT2D eigenvalue weighted by molar-refractivity contribution is 6.33. The van der Waals surface area contributed by atoms with Gasteiger partial charge in [0.05, 0.1) is 5.02 Å². The van der Waals surface area contributed by atoms with Gasteiger partial charge in [-0.15, -0.1) is 10.2 Å². The predicted molar refractivity (Wildman–Crippen MR) is 88.7 cm³/mol. The highest BCUT2D eigenvalue weighted by Crippen LogP contribution is 2.27. The Morgan fingerprint density at radius 3 is 2.61 bits per heavy atom. The monoisotopic (exact) mass is 333 g/mol. The van der Waals surface area contributed by atoms with Gasteiger partial charge in [-0.3, -0.25) is 9.20 Å². The van der Waals surface area contributed by atoms with E-state index in [0.29, 0.717) is 16.6 Å². The van der Waals surface area contributed by atoms with E-state index in [4.69, 9.17) is 11.6 Å². The van der Waals surface area contributed by atoms with E-state index in [9.17, 15) is 4.79 Å². The van der Waals surface area contributed by atoms with E-state index >= 15 is 0 Å². The van der Waals surface area contributed by atoms with Gasteiger partial charge in [0.25, 0.3) is 0 Å².